The SMILES string of the molecule is CCc1nnc(C)cc1C(=O)NC(C)(C)C(C)N. The van der Waals surface area contributed by atoms with Gasteiger partial charge >= 0.3 is 0 Å². The van der Waals surface area contributed by atoms with Crippen molar-refractivity contribution in [3.8, 4) is 0 Å². The second-order valence-corrected chi connectivity index (χ2v) is 5.16. The smallest absolute Gasteiger partial charge is 0.253 e. The van der Waals surface area contributed by atoms with Crippen LogP contribution in [-0.2, 0) is 6.42 Å². The first-order chi connectivity index (χ1) is 8.27. The van der Waals surface area contributed by atoms with E-state index in [1.807, 2.05) is 34.6 Å². The summed E-state index contributed by atoms with van der Waals surface area (Å²) in [5.41, 5.74) is 7.42. The van der Waals surface area contributed by atoms with E-state index < -0.39 is 5.54 Å². The molecule has 0 aliphatic carbocycles. The molecule has 0 aromatic carbocycles. The predicted octanol–water partition coefficient (Wildman–Crippen LogP) is 1.20. The fourth-order valence-corrected chi connectivity index (χ4v) is 1.45. The molecule has 0 spiro atoms. The quantitative estimate of drug-likeness (QED) is 0.841. The topological polar surface area (TPSA) is 80.9 Å². The summed E-state index contributed by atoms with van der Waals surface area (Å²) in [6, 6.07) is 1.63. The molecular weight excluding hydrogens is 228 g/mol. The molecule has 0 saturated carbocycles. The third-order valence-corrected chi connectivity index (χ3v) is 3.15. The highest BCUT2D eigenvalue weighted by atomic mass is 16.1. The maximum absolute atomic E-state index is 12.3. The number of carbonyl (C=O) groups excluding carboxylic acids is 1. The highest BCUT2D eigenvalue weighted by Crippen LogP contribution is 2.12. The van der Waals surface area contributed by atoms with Crippen molar-refractivity contribution in [3.63, 3.8) is 0 Å². The van der Waals surface area contributed by atoms with Crippen LogP contribution in [0.3, 0.4) is 0 Å². The van der Waals surface area contributed by atoms with Gasteiger partial charge in [-0.15, -0.1) is 0 Å². The van der Waals surface area contributed by atoms with Crippen LogP contribution in [0, 0.1) is 6.92 Å². The van der Waals surface area contributed by atoms with Crippen molar-refractivity contribution in [1.29, 1.82) is 0 Å². The van der Waals surface area contributed by atoms with Gasteiger partial charge in [-0.2, -0.15) is 10.2 Å². The maximum atomic E-state index is 12.3. The zero-order valence-electron chi connectivity index (χ0n) is 11.7. The summed E-state index contributed by atoms with van der Waals surface area (Å²) in [6.45, 7) is 9.45. The average Bonchev–Trinajstić information content (AvgIpc) is 2.28. The first-order valence-corrected chi connectivity index (χ1v) is 6.19. The molecule has 3 N–H and O–H groups in total. The first-order valence-electron chi connectivity index (χ1n) is 6.19. The molecular formula is C13H22N4O. The lowest BCUT2D eigenvalue weighted by Gasteiger charge is -2.30. The Morgan fingerprint density at radius 3 is 2.61 bits per heavy atom. The van der Waals surface area contributed by atoms with Crippen LogP contribution in [-0.4, -0.2) is 27.7 Å². The lowest BCUT2D eigenvalue weighted by Crippen LogP contribution is -2.54. The van der Waals surface area contributed by atoms with Crippen molar-refractivity contribution >= 4 is 5.91 Å². The Kier molecular flexibility index (Phi) is 4.40. The Morgan fingerprint density at radius 1 is 1.50 bits per heavy atom. The van der Waals surface area contributed by atoms with Crippen LogP contribution in [0.5, 0.6) is 0 Å². The molecule has 0 aliphatic heterocycles. The molecule has 1 aromatic heterocycles. The average molecular weight is 250 g/mol. The molecule has 1 rings (SSSR count). The first kappa shape index (κ1) is 14.6. The molecule has 0 fully saturated rings. The molecule has 0 aliphatic rings. The second kappa shape index (κ2) is 5.44. The van der Waals surface area contributed by atoms with E-state index in [1.165, 1.54) is 0 Å². The van der Waals surface area contributed by atoms with Crippen molar-refractivity contribution in [2.45, 2.75) is 52.6 Å². The largest absolute Gasteiger partial charge is 0.346 e. The number of carbonyl (C=O) groups is 1. The summed E-state index contributed by atoms with van der Waals surface area (Å²) in [6.07, 6.45) is 0.675. The molecule has 1 aromatic rings. The molecule has 1 heterocycles. The van der Waals surface area contributed by atoms with E-state index in [0.29, 0.717) is 17.7 Å². The summed E-state index contributed by atoms with van der Waals surface area (Å²) in [7, 11) is 0. The highest BCUT2D eigenvalue weighted by molar-refractivity contribution is 5.95. The summed E-state index contributed by atoms with van der Waals surface area (Å²) in [4.78, 5) is 12.3. The van der Waals surface area contributed by atoms with Gasteiger partial charge in [-0.25, -0.2) is 0 Å². The number of aryl methyl sites for hydroxylation is 2. The Morgan fingerprint density at radius 2 is 2.11 bits per heavy atom. The summed E-state index contributed by atoms with van der Waals surface area (Å²) in [5, 5.41) is 11.0. The van der Waals surface area contributed by atoms with E-state index >= 15 is 0 Å². The zero-order valence-corrected chi connectivity index (χ0v) is 11.7. The highest BCUT2D eigenvalue weighted by Gasteiger charge is 2.26. The minimum atomic E-state index is -0.459. The van der Waals surface area contributed by atoms with Crippen molar-refractivity contribution < 1.29 is 4.79 Å². The van der Waals surface area contributed by atoms with Gasteiger partial charge < -0.3 is 11.1 Å². The minimum absolute atomic E-state index is 0.137. The molecule has 0 bridgehead atoms. The minimum Gasteiger partial charge on any atom is -0.346 e. The van der Waals surface area contributed by atoms with Gasteiger partial charge in [-0.1, -0.05) is 6.92 Å². The fourth-order valence-electron chi connectivity index (χ4n) is 1.45. The number of nitrogens with zero attached hydrogens (tertiary/aromatic N) is 2. The van der Waals surface area contributed by atoms with E-state index in [0.717, 1.165) is 5.69 Å². The third kappa shape index (κ3) is 3.26. The van der Waals surface area contributed by atoms with E-state index in [2.05, 4.69) is 15.5 Å². The summed E-state index contributed by atoms with van der Waals surface area (Å²) in [5.74, 6) is -0.146. The van der Waals surface area contributed by atoms with Gasteiger partial charge in [0.05, 0.1) is 17.0 Å². The number of nitrogens with two attached hydrogens (primary N) is 1. The lowest BCUT2D eigenvalue weighted by molar-refractivity contribution is 0.0901. The van der Waals surface area contributed by atoms with Gasteiger partial charge in [-0.05, 0) is 40.2 Å². The molecule has 1 atom stereocenters. The molecule has 1 amide bonds. The van der Waals surface area contributed by atoms with E-state index in [1.54, 1.807) is 6.07 Å². The van der Waals surface area contributed by atoms with Crippen LogP contribution in [0.4, 0.5) is 0 Å². The molecule has 18 heavy (non-hydrogen) atoms. The van der Waals surface area contributed by atoms with Gasteiger partial charge in [0.2, 0.25) is 0 Å². The third-order valence-electron chi connectivity index (χ3n) is 3.15. The Balaban J connectivity index is 3.01. The molecule has 100 valence electrons. The van der Waals surface area contributed by atoms with Crippen LogP contribution >= 0.6 is 0 Å². The molecule has 0 radical (unpaired) electrons. The number of nitrogens with one attached hydrogen (secondary N) is 1. The number of hydrogen-bond donors (Lipinski definition) is 2. The summed E-state index contributed by atoms with van der Waals surface area (Å²) >= 11 is 0. The predicted molar refractivity (Wildman–Crippen MR) is 71.3 cm³/mol. The van der Waals surface area contributed by atoms with Crippen LogP contribution in [0.15, 0.2) is 6.07 Å². The van der Waals surface area contributed by atoms with Crippen molar-refractivity contribution in [2.24, 2.45) is 5.73 Å². The van der Waals surface area contributed by atoms with Gasteiger partial charge in [0, 0.05) is 11.6 Å². The fraction of sp³-hybridized carbons (Fsp3) is 0.615. The monoisotopic (exact) mass is 250 g/mol. The van der Waals surface area contributed by atoms with E-state index in [-0.39, 0.29) is 11.9 Å². The normalized spacial score (nSPS) is 13.2. The van der Waals surface area contributed by atoms with Crippen LogP contribution in [0.2, 0.25) is 0 Å². The second-order valence-electron chi connectivity index (χ2n) is 5.16. The molecule has 5 heteroatoms. The van der Waals surface area contributed by atoms with Gasteiger partial charge in [0.1, 0.15) is 0 Å². The Bertz CT molecular complexity index is 441. The molecule has 5 nitrogen and oxygen atoms in total. The Labute approximate surface area is 108 Å². The number of rotatable bonds is 4. The van der Waals surface area contributed by atoms with Crippen molar-refractivity contribution in [1.82, 2.24) is 15.5 Å². The van der Waals surface area contributed by atoms with E-state index in [4.69, 9.17) is 5.73 Å². The van der Waals surface area contributed by atoms with Crippen LogP contribution < -0.4 is 11.1 Å². The maximum Gasteiger partial charge on any atom is 0.253 e. The molecule has 1 unspecified atom stereocenters. The van der Waals surface area contributed by atoms with Gasteiger partial charge in [-0.3, -0.25) is 4.79 Å². The Hall–Kier alpha value is -1.49. The van der Waals surface area contributed by atoms with Gasteiger partial charge in [0.15, 0.2) is 0 Å². The lowest BCUT2D eigenvalue weighted by atomic mass is 9.96. The van der Waals surface area contributed by atoms with Gasteiger partial charge in [0.25, 0.3) is 5.91 Å². The zero-order chi connectivity index (χ0) is 13.9. The summed E-state index contributed by atoms with van der Waals surface area (Å²) < 4.78 is 0. The van der Waals surface area contributed by atoms with Crippen molar-refractivity contribution in [3.05, 3.63) is 23.0 Å². The van der Waals surface area contributed by atoms with Crippen LogP contribution in [0.25, 0.3) is 0 Å². The van der Waals surface area contributed by atoms with Crippen molar-refractivity contribution in [2.75, 3.05) is 0 Å². The molecule has 0 saturated heterocycles. The number of hydrogen-bond acceptors (Lipinski definition) is 4. The number of amides is 1. The standard InChI is InChI=1S/C13H22N4O/c1-6-11-10(7-8(2)16-17-11)12(18)15-13(4,5)9(3)14/h7,9H,6,14H2,1-5H3,(H,15,18). The van der Waals surface area contributed by atoms with Crippen LogP contribution in [0.1, 0.15) is 49.4 Å². The van der Waals surface area contributed by atoms with E-state index in [9.17, 15) is 4.79 Å². The number of aromatic nitrogens is 2.